The molecule has 0 radical (unpaired) electrons. The zero-order valence-corrected chi connectivity index (χ0v) is 13.7. The Bertz CT molecular complexity index is 596. The lowest BCUT2D eigenvalue weighted by Gasteiger charge is -2.11. The summed E-state index contributed by atoms with van der Waals surface area (Å²) in [4.78, 5) is 8.77. The van der Waals surface area contributed by atoms with Gasteiger partial charge in [-0.3, -0.25) is 0 Å². The molecule has 1 heterocycles. The lowest BCUT2D eigenvalue weighted by molar-refractivity contribution is 0.397. The first kappa shape index (κ1) is 16.8. The SMILES string of the molecule is CCNC(=NCc1ccc(OC)nc1)NCCc1ccccc1. The van der Waals surface area contributed by atoms with E-state index >= 15 is 0 Å². The minimum atomic E-state index is 0.581. The van der Waals surface area contributed by atoms with Crippen molar-refractivity contribution in [3.63, 3.8) is 0 Å². The van der Waals surface area contributed by atoms with E-state index in [2.05, 4.69) is 51.8 Å². The van der Waals surface area contributed by atoms with E-state index in [0.29, 0.717) is 12.4 Å². The van der Waals surface area contributed by atoms with Crippen molar-refractivity contribution in [2.75, 3.05) is 20.2 Å². The van der Waals surface area contributed by atoms with E-state index in [4.69, 9.17) is 4.74 Å². The van der Waals surface area contributed by atoms with E-state index < -0.39 is 0 Å². The van der Waals surface area contributed by atoms with Crippen molar-refractivity contribution in [3.8, 4) is 5.88 Å². The first-order chi connectivity index (χ1) is 11.3. The van der Waals surface area contributed by atoms with Crippen LogP contribution in [0.3, 0.4) is 0 Å². The fourth-order valence-corrected chi connectivity index (χ4v) is 2.11. The average Bonchev–Trinajstić information content (AvgIpc) is 2.61. The largest absolute Gasteiger partial charge is 0.481 e. The highest BCUT2D eigenvalue weighted by atomic mass is 16.5. The second-order valence-corrected chi connectivity index (χ2v) is 5.07. The molecule has 0 aliphatic carbocycles. The van der Waals surface area contributed by atoms with Gasteiger partial charge in [-0.2, -0.15) is 0 Å². The zero-order chi connectivity index (χ0) is 16.3. The van der Waals surface area contributed by atoms with Gasteiger partial charge in [0.1, 0.15) is 0 Å². The van der Waals surface area contributed by atoms with Crippen LogP contribution in [0.5, 0.6) is 5.88 Å². The molecule has 0 unspecified atom stereocenters. The van der Waals surface area contributed by atoms with E-state index in [-0.39, 0.29) is 0 Å². The lowest BCUT2D eigenvalue weighted by atomic mass is 10.1. The summed E-state index contributed by atoms with van der Waals surface area (Å²) < 4.78 is 5.06. The van der Waals surface area contributed by atoms with Gasteiger partial charge < -0.3 is 15.4 Å². The van der Waals surface area contributed by atoms with Gasteiger partial charge in [0.05, 0.1) is 13.7 Å². The van der Waals surface area contributed by atoms with Crippen LogP contribution in [0.1, 0.15) is 18.1 Å². The molecule has 23 heavy (non-hydrogen) atoms. The second kappa shape index (κ2) is 9.46. The summed E-state index contributed by atoms with van der Waals surface area (Å²) >= 11 is 0. The van der Waals surface area contributed by atoms with Crippen LogP contribution in [0.25, 0.3) is 0 Å². The number of rotatable bonds is 7. The summed E-state index contributed by atoms with van der Waals surface area (Å²) in [5.41, 5.74) is 2.36. The van der Waals surface area contributed by atoms with Crippen LogP contribution in [-0.4, -0.2) is 31.1 Å². The molecule has 5 heteroatoms. The third-order valence-electron chi connectivity index (χ3n) is 3.32. The maximum atomic E-state index is 5.06. The van der Waals surface area contributed by atoms with Crippen LogP contribution >= 0.6 is 0 Å². The van der Waals surface area contributed by atoms with Crippen LogP contribution in [0.4, 0.5) is 0 Å². The van der Waals surface area contributed by atoms with Gasteiger partial charge in [0.15, 0.2) is 5.96 Å². The molecule has 0 saturated heterocycles. The number of guanidine groups is 1. The third kappa shape index (κ3) is 5.98. The normalized spacial score (nSPS) is 11.1. The fraction of sp³-hybridized carbons (Fsp3) is 0.333. The number of ether oxygens (including phenoxy) is 1. The molecule has 122 valence electrons. The molecule has 2 aromatic rings. The molecule has 0 aliphatic rings. The molecule has 0 amide bonds. The van der Waals surface area contributed by atoms with Crippen molar-refractivity contribution in [3.05, 3.63) is 59.8 Å². The van der Waals surface area contributed by atoms with E-state index in [1.54, 1.807) is 13.3 Å². The molecule has 0 atom stereocenters. The molecular formula is C18H24N4O. The molecule has 2 rings (SSSR count). The van der Waals surface area contributed by atoms with Gasteiger partial charge in [0, 0.05) is 25.4 Å². The van der Waals surface area contributed by atoms with Gasteiger partial charge >= 0.3 is 0 Å². The summed E-state index contributed by atoms with van der Waals surface area (Å²) in [5, 5.41) is 6.61. The molecule has 5 nitrogen and oxygen atoms in total. The van der Waals surface area contributed by atoms with Crippen LogP contribution in [0, 0.1) is 0 Å². The number of pyridine rings is 1. The number of hydrogen-bond acceptors (Lipinski definition) is 3. The quantitative estimate of drug-likeness (QED) is 0.609. The number of nitrogens with one attached hydrogen (secondary N) is 2. The Morgan fingerprint density at radius 2 is 1.91 bits per heavy atom. The summed E-state index contributed by atoms with van der Waals surface area (Å²) in [5.74, 6) is 1.44. The first-order valence-electron chi connectivity index (χ1n) is 7.87. The minimum absolute atomic E-state index is 0.581. The van der Waals surface area contributed by atoms with Gasteiger partial charge in [-0.05, 0) is 24.5 Å². The maximum absolute atomic E-state index is 5.06. The summed E-state index contributed by atoms with van der Waals surface area (Å²) in [6.07, 6.45) is 2.76. The third-order valence-corrected chi connectivity index (χ3v) is 3.32. The van der Waals surface area contributed by atoms with Crippen LogP contribution in [0.2, 0.25) is 0 Å². The van der Waals surface area contributed by atoms with Crippen molar-refractivity contribution < 1.29 is 4.74 Å². The van der Waals surface area contributed by atoms with Gasteiger partial charge in [-0.1, -0.05) is 36.4 Å². The van der Waals surface area contributed by atoms with E-state index in [9.17, 15) is 0 Å². The predicted octanol–water partition coefficient (Wildman–Crippen LogP) is 2.39. The van der Waals surface area contributed by atoms with E-state index in [1.165, 1.54) is 5.56 Å². The van der Waals surface area contributed by atoms with Crippen molar-refractivity contribution in [1.29, 1.82) is 0 Å². The summed E-state index contributed by atoms with van der Waals surface area (Å²) in [6.45, 7) is 4.32. The molecule has 0 saturated carbocycles. The first-order valence-corrected chi connectivity index (χ1v) is 7.87. The molecule has 0 spiro atoms. The molecule has 1 aromatic carbocycles. The predicted molar refractivity (Wildman–Crippen MR) is 93.8 cm³/mol. The number of benzene rings is 1. The van der Waals surface area contributed by atoms with Gasteiger partial charge in [-0.25, -0.2) is 9.98 Å². The van der Waals surface area contributed by atoms with Crippen molar-refractivity contribution in [1.82, 2.24) is 15.6 Å². The Hall–Kier alpha value is -2.56. The molecule has 0 bridgehead atoms. The van der Waals surface area contributed by atoms with Crippen LogP contribution < -0.4 is 15.4 Å². The molecule has 2 N–H and O–H groups in total. The maximum Gasteiger partial charge on any atom is 0.212 e. The van der Waals surface area contributed by atoms with Crippen LogP contribution in [0.15, 0.2) is 53.7 Å². The van der Waals surface area contributed by atoms with Gasteiger partial charge in [-0.15, -0.1) is 0 Å². The lowest BCUT2D eigenvalue weighted by Crippen LogP contribution is -2.38. The standard InChI is InChI=1S/C18H24N4O/c1-3-19-18(20-12-11-15-7-5-4-6-8-15)22-14-16-9-10-17(23-2)21-13-16/h4-10,13H,3,11-12,14H2,1-2H3,(H2,19,20,22). The van der Waals surface area contributed by atoms with E-state index in [1.807, 2.05) is 18.2 Å². The molecular weight excluding hydrogens is 288 g/mol. The average molecular weight is 312 g/mol. The number of aromatic nitrogens is 1. The number of methoxy groups -OCH3 is 1. The number of aliphatic imine (C=N–C) groups is 1. The van der Waals surface area contributed by atoms with Gasteiger partial charge in [0.25, 0.3) is 0 Å². The monoisotopic (exact) mass is 312 g/mol. The Kier molecular flexibility index (Phi) is 6.91. The molecule has 1 aromatic heterocycles. The number of hydrogen-bond donors (Lipinski definition) is 2. The zero-order valence-electron chi connectivity index (χ0n) is 13.7. The highest BCUT2D eigenvalue weighted by Crippen LogP contribution is 2.07. The fourth-order valence-electron chi connectivity index (χ4n) is 2.11. The Balaban J connectivity index is 1.86. The van der Waals surface area contributed by atoms with Gasteiger partial charge in [0.2, 0.25) is 5.88 Å². The van der Waals surface area contributed by atoms with Crippen LogP contribution in [-0.2, 0) is 13.0 Å². The van der Waals surface area contributed by atoms with Crippen molar-refractivity contribution in [2.45, 2.75) is 19.9 Å². The Morgan fingerprint density at radius 3 is 2.57 bits per heavy atom. The topological polar surface area (TPSA) is 58.5 Å². The van der Waals surface area contributed by atoms with Crippen molar-refractivity contribution in [2.24, 2.45) is 4.99 Å². The Morgan fingerprint density at radius 1 is 1.09 bits per heavy atom. The molecule has 0 fully saturated rings. The smallest absolute Gasteiger partial charge is 0.212 e. The van der Waals surface area contributed by atoms with E-state index in [0.717, 1.165) is 31.0 Å². The second-order valence-electron chi connectivity index (χ2n) is 5.07. The highest BCUT2D eigenvalue weighted by molar-refractivity contribution is 5.79. The Labute approximate surface area is 137 Å². The van der Waals surface area contributed by atoms with Crippen molar-refractivity contribution >= 4 is 5.96 Å². The summed E-state index contributed by atoms with van der Waals surface area (Å²) in [6, 6.07) is 14.2. The summed E-state index contributed by atoms with van der Waals surface area (Å²) in [7, 11) is 1.61. The minimum Gasteiger partial charge on any atom is -0.481 e. The molecule has 0 aliphatic heterocycles. The highest BCUT2D eigenvalue weighted by Gasteiger charge is 1.99. The number of nitrogens with zero attached hydrogens (tertiary/aromatic N) is 2.